The normalized spacial score (nSPS) is 14.0. The Bertz CT molecular complexity index is 2040. The van der Waals surface area contributed by atoms with E-state index >= 15 is 0 Å². The first-order chi connectivity index (χ1) is 22.8. The molecule has 1 aliphatic rings. The van der Waals surface area contributed by atoms with E-state index in [4.69, 9.17) is 19.8 Å². The summed E-state index contributed by atoms with van der Waals surface area (Å²) in [6, 6.07) is 39.6. The number of benzene rings is 3. The molecule has 0 spiro atoms. The number of rotatable bonds is 6. The van der Waals surface area contributed by atoms with Crippen LogP contribution in [0.1, 0.15) is 67.6 Å². The van der Waals surface area contributed by atoms with E-state index in [1.165, 1.54) is 26.1 Å². The van der Waals surface area contributed by atoms with Crippen molar-refractivity contribution in [2.45, 2.75) is 19.3 Å². The van der Waals surface area contributed by atoms with Gasteiger partial charge in [0, 0.05) is 55.1 Å². The van der Waals surface area contributed by atoms with Crippen LogP contribution in [-0.4, -0.2) is 37.6 Å². The van der Waals surface area contributed by atoms with Gasteiger partial charge in [0.2, 0.25) is 0 Å². The number of carboxylic acids is 1. The number of ketones is 2. The van der Waals surface area contributed by atoms with Crippen molar-refractivity contribution in [3.8, 4) is 22.8 Å². The second-order valence-electron chi connectivity index (χ2n) is 10.7. The number of carbonyl (C=O) groups is 3. The Morgan fingerprint density at radius 3 is 2.06 bits per heavy atom. The summed E-state index contributed by atoms with van der Waals surface area (Å²) in [5, 5.41) is 8.32. The third kappa shape index (κ3) is 6.47. The van der Waals surface area contributed by atoms with Crippen LogP contribution >= 0.6 is 0 Å². The monoisotopic (exact) mass is 810 g/mol. The van der Waals surface area contributed by atoms with Crippen LogP contribution in [0.5, 0.6) is 11.5 Å². The van der Waals surface area contributed by atoms with Crippen molar-refractivity contribution in [1.82, 2.24) is 15.0 Å². The Balaban J connectivity index is 0.000000393. The van der Waals surface area contributed by atoms with Crippen LogP contribution in [0, 0.1) is 12.1 Å². The van der Waals surface area contributed by atoms with Gasteiger partial charge < -0.3 is 14.6 Å². The first-order valence-corrected chi connectivity index (χ1v) is 14.7. The number of hydrogen-bond donors (Lipinski definition) is 1. The molecule has 0 saturated heterocycles. The summed E-state index contributed by atoms with van der Waals surface area (Å²) >= 11 is 0. The molecule has 0 unspecified atom stereocenters. The number of pyridine rings is 3. The summed E-state index contributed by atoms with van der Waals surface area (Å²) in [4.78, 5) is 48.2. The number of aromatic nitrogens is 3. The van der Waals surface area contributed by atoms with Gasteiger partial charge in [-0.1, -0.05) is 47.5 Å². The second-order valence-corrected chi connectivity index (χ2v) is 10.7. The van der Waals surface area contributed by atoms with Gasteiger partial charge in [-0.25, -0.2) is 9.78 Å². The van der Waals surface area contributed by atoms with Gasteiger partial charge in [0.05, 0.1) is 11.1 Å². The first-order valence-electron chi connectivity index (χ1n) is 14.7. The third-order valence-electron chi connectivity index (χ3n) is 7.75. The van der Waals surface area contributed by atoms with Crippen molar-refractivity contribution in [1.29, 1.82) is 0 Å². The maximum atomic E-state index is 12.3. The standard InChI is InChI=1S/C33H22N2O3.C6H5NO2.Ir/c1-21(36)24-14-16-26-29(19-24)38-30-20-25(22(2)37)15-17-27(30)33(26,31-12-6-7-18-34-31)32-13-8-11-28(35-32)23-9-4-3-5-10-23;8-6(9)5-3-1-2-4-7-5;/h3-9,11-16,18-20H,1-2H3;1-4H,(H,8,9);/q-2;;/t33-;;/m0../s1. The fourth-order valence-corrected chi connectivity index (χ4v) is 5.53. The minimum atomic E-state index is -1.03. The average Bonchev–Trinajstić information content (AvgIpc) is 3.11. The number of carbonyl (C=O) groups excluding carboxylic acids is 2. The van der Waals surface area contributed by atoms with Gasteiger partial charge in [-0.3, -0.25) is 14.8 Å². The molecule has 239 valence electrons. The molecule has 1 aliphatic heterocycles. The van der Waals surface area contributed by atoms with E-state index < -0.39 is 11.4 Å². The SMILES string of the molecule is CC(=O)c1c[c-]c2c(c1)Oc1cc(C(C)=O)ccc1[C@]2(c1ccccn1)c1cccc(-c2[c-]cccc2)n1.O=C(O)c1ccccn1.[Ir]. The van der Waals surface area contributed by atoms with Gasteiger partial charge >= 0.3 is 5.97 Å². The maximum Gasteiger partial charge on any atom is 0.354 e. The van der Waals surface area contributed by atoms with E-state index in [0.717, 1.165) is 22.5 Å². The molecule has 4 heterocycles. The summed E-state index contributed by atoms with van der Waals surface area (Å²) in [5.41, 5.74) is 4.56. The number of carboxylic acid groups (broad SMARTS) is 1. The summed E-state index contributed by atoms with van der Waals surface area (Å²) in [6.45, 7) is 3.03. The van der Waals surface area contributed by atoms with Crippen LogP contribution in [0.4, 0.5) is 0 Å². The smallest absolute Gasteiger partial charge is 0.354 e. The summed E-state index contributed by atoms with van der Waals surface area (Å²) in [5.74, 6) is -0.192. The molecule has 9 heteroatoms. The number of fused-ring (bicyclic) bond motifs is 2. The fourth-order valence-electron chi connectivity index (χ4n) is 5.53. The largest absolute Gasteiger partial charge is 0.516 e. The van der Waals surface area contributed by atoms with Gasteiger partial charge in [-0.15, -0.1) is 42.0 Å². The Kier molecular flexibility index (Phi) is 10.1. The first kappa shape index (κ1) is 33.7. The number of aromatic carboxylic acids is 1. The van der Waals surface area contributed by atoms with Crippen molar-refractivity contribution in [3.63, 3.8) is 0 Å². The number of nitrogens with zero attached hydrogens (tertiary/aromatic N) is 3. The Hall–Kier alpha value is -5.63. The minimum Gasteiger partial charge on any atom is -0.516 e. The topological polar surface area (TPSA) is 119 Å². The van der Waals surface area contributed by atoms with Gasteiger partial charge in [-0.05, 0) is 55.9 Å². The summed E-state index contributed by atoms with van der Waals surface area (Å²) in [6.07, 6.45) is 3.19. The van der Waals surface area contributed by atoms with E-state index in [0.29, 0.717) is 33.9 Å². The molecule has 0 bridgehead atoms. The third-order valence-corrected chi connectivity index (χ3v) is 7.75. The van der Waals surface area contributed by atoms with Crippen LogP contribution < -0.4 is 4.74 Å². The molecule has 1 N–H and O–H groups in total. The molecule has 0 saturated carbocycles. The second kappa shape index (κ2) is 14.4. The predicted octanol–water partition coefficient (Wildman–Crippen LogP) is 7.41. The van der Waals surface area contributed by atoms with Crippen LogP contribution in [0.15, 0.2) is 122 Å². The van der Waals surface area contributed by atoms with Gasteiger partial charge in [0.15, 0.2) is 5.78 Å². The van der Waals surface area contributed by atoms with Crippen molar-refractivity contribution in [3.05, 3.63) is 173 Å². The van der Waals surface area contributed by atoms with Crippen molar-refractivity contribution in [2.75, 3.05) is 0 Å². The molecule has 1 atom stereocenters. The van der Waals surface area contributed by atoms with Crippen molar-refractivity contribution < 1.29 is 44.3 Å². The van der Waals surface area contributed by atoms with E-state index in [1.54, 1.807) is 42.6 Å². The molecule has 6 aromatic rings. The van der Waals surface area contributed by atoms with E-state index in [2.05, 4.69) is 17.1 Å². The van der Waals surface area contributed by atoms with Crippen LogP contribution in [0.25, 0.3) is 11.3 Å². The van der Waals surface area contributed by atoms with E-state index in [9.17, 15) is 14.4 Å². The summed E-state index contributed by atoms with van der Waals surface area (Å²) in [7, 11) is 0. The number of hydrogen-bond acceptors (Lipinski definition) is 7. The van der Waals surface area contributed by atoms with Crippen molar-refractivity contribution >= 4 is 17.5 Å². The van der Waals surface area contributed by atoms with Gasteiger partial charge in [-0.2, -0.15) is 12.1 Å². The zero-order chi connectivity index (χ0) is 33.0. The number of Topliss-reactive ketones (excluding diaryl/α,β-unsaturated/α-hetero) is 2. The predicted molar refractivity (Wildman–Crippen MR) is 175 cm³/mol. The molecule has 3 aromatic carbocycles. The molecule has 48 heavy (non-hydrogen) atoms. The molecule has 0 amide bonds. The molecular weight excluding hydrogens is 783 g/mol. The fraction of sp³-hybridized carbons (Fsp3) is 0.0769. The zero-order valence-corrected chi connectivity index (χ0v) is 28.2. The minimum absolute atomic E-state index is 0. The number of ether oxygens (including phenoxy) is 1. The van der Waals surface area contributed by atoms with Crippen LogP contribution in [0.2, 0.25) is 0 Å². The zero-order valence-electron chi connectivity index (χ0n) is 25.8. The Labute approximate surface area is 290 Å². The maximum absolute atomic E-state index is 12.3. The quantitative estimate of drug-likeness (QED) is 0.136. The summed E-state index contributed by atoms with van der Waals surface area (Å²) < 4.78 is 6.37. The molecule has 3 aromatic heterocycles. The van der Waals surface area contributed by atoms with Crippen LogP contribution in [-0.2, 0) is 25.5 Å². The van der Waals surface area contributed by atoms with Gasteiger partial charge in [0.1, 0.15) is 17.2 Å². The average molecular weight is 810 g/mol. The van der Waals surface area contributed by atoms with E-state index in [1.807, 2.05) is 66.7 Å². The van der Waals surface area contributed by atoms with Crippen molar-refractivity contribution in [2.24, 2.45) is 0 Å². The molecular formula is C39H27IrN3O5-2. The molecule has 0 fully saturated rings. The molecule has 0 aliphatic carbocycles. The van der Waals surface area contributed by atoms with Gasteiger partial charge in [0.25, 0.3) is 0 Å². The van der Waals surface area contributed by atoms with Crippen LogP contribution in [0.3, 0.4) is 0 Å². The molecule has 1 radical (unpaired) electrons. The van der Waals surface area contributed by atoms with E-state index in [-0.39, 0.29) is 37.4 Å². The Morgan fingerprint density at radius 1 is 0.729 bits per heavy atom. The Morgan fingerprint density at radius 2 is 1.44 bits per heavy atom. The molecule has 7 rings (SSSR count). The molecule has 8 nitrogen and oxygen atoms in total.